The van der Waals surface area contributed by atoms with Crippen LogP contribution in [0.25, 0.3) is 107 Å². The lowest BCUT2D eigenvalue weighted by molar-refractivity contribution is 0.660. The van der Waals surface area contributed by atoms with E-state index in [0.717, 1.165) is 61.3 Å². The second-order valence-corrected chi connectivity index (χ2v) is 19.0. The Labute approximate surface area is 410 Å². The van der Waals surface area contributed by atoms with Crippen LogP contribution in [0.4, 0.5) is 17.1 Å². The van der Waals surface area contributed by atoms with Crippen molar-refractivity contribution < 1.29 is 0 Å². The quantitative estimate of drug-likeness (QED) is 0.133. The fourth-order valence-electron chi connectivity index (χ4n) is 11.4. The standard InChI is InChI=1S/C68H52N2/c1-7-19-57-55(9-3)54(8-2)56(10-4)58-35-33-52(42-61(57)58)69(53-34-36-60-59-26-16-17-27-64(59)68(5,6)65(60)43-53)50-31-28-45(29-32-50)49-30-37-66-62(40-49)63-39-47-22-14-15-23-48(47)41-67(63)70(66)51-25-18-24-46(38-51)44-20-12-11-13-21-44/h7-43H,2-4H2,1,5-6H3/b19-7-. The normalized spacial score (nSPS) is 12.7. The number of benzene rings is 10. The number of hydrogen-bond donors (Lipinski definition) is 0. The molecule has 2 heteroatoms. The van der Waals surface area contributed by atoms with Crippen molar-refractivity contribution in [3.8, 4) is 39.1 Å². The summed E-state index contributed by atoms with van der Waals surface area (Å²) < 4.78 is 2.43. The molecule has 334 valence electrons. The first kappa shape index (κ1) is 42.6. The van der Waals surface area contributed by atoms with Gasteiger partial charge in [-0.1, -0.05) is 185 Å². The van der Waals surface area contributed by atoms with Crippen LogP contribution >= 0.6 is 0 Å². The number of anilines is 3. The number of nitrogens with zero attached hydrogens (tertiary/aromatic N) is 2. The van der Waals surface area contributed by atoms with Gasteiger partial charge in [0, 0.05) is 38.9 Å². The summed E-state index contributed by atoms with van der Waals surface area (Å²) in [7, 11) is 0. The molecule has 0 atom stereocenters. The number of fused-ring (bicyclic) bond motifs is 8. The van der Waals surface area contributed by atoms with E-state index in [4.69, 9.17) is 0 Å². The average molecular weight is 897 g/mol. The summed E-state index contributed by atoms with van der Waals surface area (Å²) in [6.07, 6.45) is 10.1. The maximum Gasteiger partial charge on any atom is 0.0547 e. The van der Waals surface area contributed by atoms with E-state index in [1.165, 1.54) is 71.5 Å². The van der Waals surface area contributed by atoms with Crippen molar-refractivity contribution in [2.24, 2.45) is 0 Å². The lowest BCUT2D eigenvalue weighted by atomic mass is 9.82. The van der Waals surface area contributed by atoms with Gasteiger partial charge in [-0.2, -0.15) is 0 Å². The predicted molar refractivity (Wildman–Crippen MR) is 304 cm³/mol. The van der Waals surface area contributed by atoms with Crippen LogP contribution in [0, 0.1) is 0 Å². The molecule has 0 unspecified atom stereocenters. The molecular formula is C68H52N2. The molecule has 10 aromatic carbocycles. The van der Waals surface area contributed by atoms with Crippen molar-refractivity contribution >= 4 is 84.7 Å². The monoisotopic (exact) mass is 896 g/mol. The van der Waals surface area contributed by atoms with E-state index in [0.29, 0.717) is 0 Å². The number of allylic oxidation sites excluding steroid dienone is 1. The molecule has 0 saturated carbocycles. The highest BCUT2D eigenvalue weighted by Gasteiger charge is 2.36. The molecule has 0 aliphatic heterocycles. The first-order chi connectivity index (χ1) is 34.3. The molecule has 11 aromatic rings. The minimum atomic E-state index is -0.155. The maximum absolute atomic E-state index is 4.26. The Kier molecular flexibility index (Phi) is 10.2. The Morgan fingerprint density at radius 3 is 1.79 bits per heavy atom. The van der Waals surface area contributed by atoms with Crippen molar-refractivity contribution in [3.05, 3.63) is 253 Å². The third kappa shape index (κ3) is 6.71. The Morgan fingerprint density at radius 2 is 1.01 bits per heavy atom. The summed E-state index contributed by atoms with van der Waals surface area (Å²) in [5, 5.41) is 7.17. The van der Waals surface area contributed by atoms with E-state index in [-0.39, 0.29) is 5.41 Å². The van der Waals surface area contributed by atoms with Crippen molar-refractivity contribution in [1.82, 2.24) is 4.57 Å². The molecule has 1 heterocycles. The Bertz CT molecular complexity index is 3970. The molecule has 1 aliphatic carbocycles. The minimum absolute atomic E-state index is 0.155. The molecule has 0 bridgehead atoms. The zero-order chi connectivity index (χ0) is 47.7. The largest absolute Gasteiger partial charge is 0.310 e. The van der Waals surface area contributed by atoms with Crippen molar-refractivity contribution in [2.75, 3.05) is 4.90 Å². The summed E-state index contributed by atoms with van der Waals surface area (Å²) >= 11 is 0. The Balaban J connectivity index is 1.02. The van der Waals surface area contributed by atoms with Crippen molar-refractivity contribution in [2.45, 2.75) is 26.2 Å². The highest BCUT2D eigenvalue weighted by Crippen LogP contribution is 2.51. The molecular weight excluding hydrogens is 845 g/mol. The first-order valence-corrected chi connectivity index (χ1v) is 24.2. The van der Waals surface area contributed by atoms with E-state index in [2.05, 4.69) is 256 Å². The second-order valence-electron chi connectivity index (χ2n) is 19.0. The van der Waals surface area contributed by atoms with Crippen molar-refractivity contribution in [3.63, 3.8) is 0 Å². The van der Waals surface area contributed by atoms with E-state index in [9.17, 15) is 0 Å². The van der Waals surface area contributed by atoms with E-state index >= 15 is 0 Å². The van der Waals surface area contributed by atoms with Gasteiger partial charge in [-0.25, -0.2) is 0 Å². The lowest BCUT2D eigenvalue weighted by Gasteiger charge is -2.29. The molecule has 1 aromatic heterocycles. The van der Waals surface area contributed by atoms with Crippen LogP contribution in [0.2, 0.25) is 0 Å². The molecule has 0 saturated heterocycles. The SMILES string of the molecule is C=Cc1c(C=C)c(/C=C\C)c2cc(N(c3ccc(-c4ccc5c(c4)c4cc6ccccc6cc4n5-c4cccc(-c5ccccc5)c4)cc3)c3ccc4c(c3)C(C)(C)c3ccccc3-4)ccc2c1C=C. The molecule has 0 N–H and O–H groups in total. The second kappa shape index (κ2) is 16.8. The zero-order valence-corrected chi connectivity index (χ0v) is 39.9. The molecule has 0 spiro atoms. The van der Waals surface area contributed by atoms with Crippen LogP contribution in [0.5, 0.6) is 0 Å². The van der Waals surface area contributed by atoms with Gasteiger partial charge in [0.05, 0.1) is 11.0 Å². The van der Waals surface area contributed by atoms with Gasteiger partial charge in [-0.3, -0.25) is 0 Å². The van der Waals surface area contributed by atoms with Gasteiger partial charge in [0.15, 0.2) is 0 Å². The molecule has 2 nitrogen and oxygen atoms in total. The minimum Gasteiger partial charge on any atom is -0.310 e. The third-order valence-electron chi connectivity index (χ3n) is 14.8. The summed E-state index contributed by atoms with van der Waals surface area (Å²) in [5.41, 5.74) is 20.9. The highest BCUT2D eigenvalue weighted by atomic mass is 15.1. The Morgan fingerprint density at radius 1 is 0.414 bits per heavy atom. The van der Waals surface area contributed by atoms with Crippen LogP contribution in [-0.2, 0) is 5.41 Å². The van der Waals surface area contributed by atoms with Gasteiger partial charge in [-0.05, 0) is 168 Å². The van der Waals surface area contributed by atoms with E-state index in [1.807, 2.05) is 18.2 Å². The fraction of sp³-hybridized carbons (Fsp3) is 0.0588. The lowest BCUT2D eigenvalue weighted by Crippen LogP contribution is -2.16. The van der Waals surface area contributed by atoms with Gasteiger partial charge in [0.25, 0.3) is 0 Å². The van der Waals surface area contributed by atoms with Gasteiger partial charge in [0.2, 0.25) is 0 Å². The smallest absolute Gasteiger partial charge is 0.0547 e. The summed E-state index contributed by atoms with van der Waals surface area (Å²) in [6.45, 7) is 19.5. The first-order valence-electron chi connectivity index (χ1n) is 24.2. The summed E-state index contributed by atoms with van der Waals surface area (Å²) in [4.78, 5) is 2.41. The van der Waals surface area contributed by atoms with Gasteiger partial charge in [-0.15, -0.1) is 0 Å². The van der Waals surface area contributed by atoms with Crippen molar-refractivity contribution in [1.29, 1.82) is 0 Å². The van der Waals surface area contributed by atoms with Crippen LogP contribution in [0.3, 0.4) is 0 Å². The molecule has 0 radical (unpaired) electrons. The molecule has 12 rings (SSSR count). The zero-order valence-electron chi connectivity index (χ0n) is 39.9. The highest BCUT2D eigenvalue weighted by molar-refractivity contribution is 6.14. The molecule has 70 heavy (non-hydrogen) atoms. The van der Waals surface area contributed by atoms with E-state index in [1.54, 1.807) is 0 Å². The predicted octanol–water partition coefficient (Wildman–Crippen LogP) is 19.2. The number of aromatic nitrogens is 1. The average Bonchev–Trinajstić information content (AvgIpc) is 3.84. The van der Waals surface area contributed by atoms with Crippen LogP contribution in [0.15, 0.2) is 220 Å². The molecule has 0 fully saturated rings. The summed E-state index contributed by atoms with van der Waals surface area (Å²) in [6, 6.07) is 71.8. The molecule has 1 aliphatic rings. The Hall–Kier alpha value is -8.72. The van der Waals surface area contributed by atoms with E-state index < -0.39 is 0 Å². The van der Waals surface area contributed by atoms with Crippen LogP contribution in [0.1, 0.15) is 54.2 Å². The fourth-order valence-corrected chi connectivity index (χ4v) is 11.4. The van der Waals surface area contributed by atoms with Gasteiger partial charge in [0.1, 0.15) is 0 Å². The van der Waals surface area contributed by atoms with Crippen LogP contribution < -0.4 is 4.90 Å². The number of hydrogen-bond acceptors (Lipinski definition) is 1. The summed E-state index contributed by atoms with van der Waals surface area (Å²) in [5.74, 6) is 0. The van der Waals surface area contributed by atoms with Gasteiger partial charge < -0.3 is 9.47 Å². The van der Waals surface area contributed by atoms with Crippen LogP contribution in [-0.4, -0.2) is 4.57 Å². The third-order valence-corrected chi connectivity index (χ3v) is 14.8. The maximum atomic E-state index is 4.26. The van der Waals surface area contributed by atoms with Gasteiger partial charge >= 0.3 is 0 Å². The number of rotatable bonds is 10. The molecule has 0 amide bonds. The topological polar surface area (TPSA) is 8.17 Å².